The SMILES string of the molecule is CS(=O)(=O)N(c1ccccc1)C1CCN(Cc2ccccc2)CC1.Cl. The third-order valence-electron chi connectivity index (χ3n) is 4.51. The minimum atomic E-state index is -3.28. The molecule has 1 fully saturated rings. The largest absolute Gasteiger partial charge is 0.299 e. The Kier molecular flexibility index (Phi) is 6.87. The number of likely N-dealkylation sites (tertiary alicyclic amines) is 1. The molecule has 1 aliphatic rings. The molecule has 0 bridgehead atoms. The lowest BCUT2D eigenvalue weighted by molar-refractivity contribution is 0.206. The molecule has 0 saturated carbocycles. The second kappa shape index (κ2) is 8.70. The van der Waals surface area contributed by atoms with Gasteiger partial charge in [0.25, 0.3) is 0 Å². The van der Waals surface area contributed by atoms with Crippen LogP contribution in [-0.4, -0.2) is 38.7 Å². The van der Waals surface area contributed by atoms with Crippen LogP contribution < -0.4 is 4.31 Å². The van der Waals surface area contributed by atoms with E-state index in [1.54, 1.807) is 4.31 Å². The number of para-hydroxylation sites is 1. The van der Waals surface area contributed by atoms with Crippen molar-refractivity contribution in [1.82, 2.24) is 4.90 Å². The lowest BCUT2D eigenvalue weighted by atomic mass is 10.0. The highest BCUT2D eigenvalue weighted by Crippen LogP contribution is 2.26. The molecule has 0 aromatic heterocycles. The number of hydrogen-bond donors (Lipinski definition) is 0. The number of hydrogen-bond acceptors (Lipinski definition) is 3. The van der Waals surface area contributed by atoms with E-state index in [9.17, 15) is 8.42 Å². The molecule has 0 amide bonds. The van der Waals surface area contributed by atoms with Gasteiger partial charge in [0.2, 0.25) is 10.0 Å². The first-order chi connectivity index (χ1) is 11.5. The standard InChI is InChI=1S/C19H24N2O2S.ClH/c1-24(22,23)21(18-10-6-3-7-11-18)19-12-14-20(15-13-19)16-17-8-4-2-5-9-17;/h2-11,19H,12-16H2,1H3;1H. The van der Waals surface area contributed by atoms with Crippen molar-refractivity contribution < 1.29 is 8.42 Å². The Hall–Kier alpha value is -1.56. The van der Waals surface area contributed by atoms with Crippen molar-refractivity contribution in [2.24, 2.45) is 0 Å². The lowest BCUT2D eigenvalue weighted by Crippen LogP contribution is -2.47. The highest BCUT2D eigenvalue weighted by molar-refractivity contribution is 7.92. The lowest BCUT2D eigenvalue weighted by Gasteiger charge is -2.38. The summed E-state index contributed by atoms with van der Waals surface area (Å²) < 4.78 is 26.2. The summed E-state index contributed by atoms with van der Waals surface area (Å²) in [4.78, 5) is 2.40. The molecule has 0 unspecified atom stereocenters. The summed E-state index contributed by atoms with van der Waals surface area (Å²) in [6, 6.07) is 19.9. The van der Waals surface area contributed by atoms with E-state index >= 15 is 0 Å². The van der Waals surface area contributed by atoms with E-state index in [0.717, 1.165) is 38.2 Å². The average Bonchev–Trinajstić information content (AvgIpc) is 2.57. The summed E-state index contributed by atoms with van der Waals surface area (Å²) in [5, 5.41) is 0. The van der Waals surface area contributed by atoms with Crippen LogP contribution in [0.25, 0.3) is 0 Å². The summed E-state index contributed by atoms with van der Waals surface area (Å²) >= 11 is 0. The maximum absolute atomic E-state index is 12.3. The first-order valence-corrected chi connectivity index (χ1v) is 10.2. The van der Waals surface area contributed by atoms with Crippen LogP contribution in [0, 0.1) is 0 Å². The molecule has 2 aromatic rings. The second-order valence-electron chi connectivity index (χ2n) is 6.39. The fourth-order valence-electron chi connectivity index (χ4n) is 3.40. The zero-order chi connectivity index (χ0) is 17.0. The van der Waals surface area contributed by atoms with Crippen molar-refractivity contribution in [2.45, 2.75) is 25.4 Å². The van der Waals surface area contributed by atoms with Gasteiger partial charge < -0.3 is 0 Å². The zero-order valence-electron chi connectivity index (χ0n) is 14.4. The number of benzene rings is 2. The van der Waals surface area contributed by atoms with Crippen LogP contribution in [0.1, 0.15) is 18.4 Å². The van der Waals surface area contributed by atoms with E-state index in [0.29, 0.717) is 0 Å². The predicted molar refractivity (Wildman–Crippen MR) is 106 cm³/mol. The van der Waals surface area contributed by atoms with E-state index in [1.165, 1.54) is 11.8 Å². The number of sulfonamides is 1. The van der Waals surface area contributed by atoms with Gasteiger partial charge in [-0.15, -0.1) is 12.4 Å². The van der Waals surface area contributed by atoms with Gasteiger partial charge in [-0.2, -0.15) is 0 Å². The zero-order valence-corrected chi connectivity index (χ0v) is 16.0. The van der Waals surface area contributed by atoms with Gasteiger partial charge in [-0.1, -0.05) is 48.5 Å². The fraction of sp³-hybridized carbons (Fsp3) is 0.368. The van der Waals surface area contributed by atoms with Gasteiger partial charge in [0, 0.05) is 25.7 Å². The van der Waals surface area contributed by atoms with Gasteiger partial charge in [0.15, 0.2) is 0 Å². The van der Waals surface area contributed by atoms with Crippen LogP contribution >= 0.6 is 12.4 Å². The Balaban J connectivity index is 0.00000225. The Morgan fingerprint density at radius 1 is 0.960 bits per heavy atom. The minimum absolute atomic E-state index is 0. The molecular formula is C19H25ClN2O2S. The van der Waals surface area contributed by atoms with Crippen LogP contribution in [0.15, 0.2) is 60.7 Å². The van der Waals surface area contributed by atoms with Crippen molar-refractivity contribution >= 4 is 28.1 Å². The summed E-state index contributed by atoms with van der Waals surface area (Å²) in [6.07, 6.45) is 3.01. The Morgan fingerprint density at radius 3 is 2.00 bits per heavy atom. The van der Waals surface area contributed by atoms with E-state index in [4.69, 9.17) is 0 Å². The van der Waals surface area contributed by atoms with E-state index < -0.39 is 10.0 Å². The molecule has 4 nitrogen and oxygen atoms in total. The molecule has 6 heteroatoms. The molecule has 0 radical (unpaired) electrons. The molecule has 0 atom stereocenters. The predicted octanol–water partition coefficient (Wildman–Crippen LogP) is 3.54. The molecule has 3 rings (SSSR count). The molecule has 0 aliphatic carbocycles. The average molecular weight is 381 g/mol. The van der Waals surface area contributed by atoms with Crippen molar-refractivity contribution in [3.05, 3.63) is 66.2 Å². The molecule has 1 heterocycles. The maximum atomic E-state index is 12.3. The summed E-state index contributed by atoms with van der Waals surface area (Å²) in [5.74, 6) is 0. The third-order valence-corrected chi connectivity index (χ3v) is 5.73. The smallest absolute Gasteiger partial charge is 0.232 e. The van der Waals surface area contributed by atoms with Crippen LogP contribution in [0.3, 0.4) is 0 Å². The Morgan fingerprint density at radius 2 is 1.48 bits per heavy atom. The van der Waals surface area contributed by atoms with Crippen molar-refractivity contribution in [3.8, 4) is 0 Å². The van der Waals surface area contributed by atoms with Crippen LogP contribution in [-0.2, 0) is 16.6 Å². The van der Waals surface area contributed by atoms with E-state index in [1.807, 2.05) is 36.4 Å². The van der Waals surface area contributed by atoms with Gasteiger partial charge in [0.05, 0.1) is 11.9 Å². The first-order valence-electron chi connectivity index (χ1n) is 8.35. The molecular weight excluding hydrogens is 356 g/mol. The molecule has 136 valence electrons. The van der Waals surface area contributed by atoms with Gasteiger partial charge >= 0.3 is 0 Å². The highest BCUT2D eigenvalue weighted by Gasteiger charge is 2.30. The summed E-state index contributed by atoms with van der Waals surface area (Å²) in [6.45, 7) is 2.76. The molecule has 1 saturated heterocycles. The third kappa shape index (κ3) is 5.21. The molecule has 2 aromatic carbocycles. The Labute approximate surface area is 156 Å². The topological polar surface area (TPSA) is 40.6 Å². The van der Waals surface area contributed by atoms with Crippen LogP contribution in [0.5, 0.6) is 0 Å². The summed E-state index contributed by atoms with van der Waals surface area (Å²) in [7, 11) is -3.28. The number of nitrogens with zero attached hydrogens (tertiary/aromatic N) is 2. The fourth-order valence-corrected chi connectivity index (χ4v) is 4.66. The molecule has 0 spiro atoms. The number of rotatable bonds is 5. The van der Waals surface area contributed by atoms with Gasteiger partial charge in [-0.3, -0.25) is 9.21 Å². The number of halogens is 1. The van der Waals surface area contributed by atoms with Crippen molar-refractivity contribution in [2.75, 3.05) is 23.7 Å². The van der Waals surface area contributed by atoms with Gasteiger partial charge in [-0.05, 0) is 30.5 Å². The number of anilines is 1. The summed E-state index contributed by atoms with van der Waals surface area (Å²) in [5.41, 5.74) is 2.07. The Bertz CT molecular complexity index is 746. The highest BCUT2D eigenvalue weighted by atomic mass is 35.5. The minimum Gasteiger partial charge on any atom is -0.299 e. The maximum Gasteiger partial charge on any atom is 0.232 e. The quantitative estimate of drug-likeness (QED) is 0.796. The van der Waals surface area contributed by atoms with Crippen molar-refractivity contribution in [3.63, 3.8) is 0 Å². The second-order valence-corrected chi connectivity index (χ2v) is 8.25. The van der Waals surface area contributed by atoms with Crippen LogP contribution in [0.4, 0.5) is 5.69 Å². The van der Waals surface area contributed by atoms with Gasteiger partial charge in [-0.25, -0.2) is 8.42 Å². The molecule has 25 heavy (non-hydrogen) atoms. The normalized spacial score (nSPS) is 16.2. The van der Waals surface area contributed by atoms with E-state index in [-0.39, 0.29) is 18.4 Å². The molecule has 1 aliphatic heterocycles. The van der Waals surface area contributed by atoms with E-state index in [2.05, 4.69) is 29.2 Å². The van der Waals surface area contributed by atoms with Gasteiger partial charge in [0.1, 0.15) is 0 Å². The number of piperidine rings is 1. The monoisotopic (exact) mass is 380 g/mol. The molecule has 0 N–H and O–H groups in total. The van der Waals surface area contributed by atoms with Crippen molar-refractivity contribution in [1.29, 1.82) is 0 Å². The first kappa shape index (κ1) is 19.8. The van der Waals surface area contributed by atoms with Crippen LogP contribution in [0.2, 0.25) is 0 Å².